The summed E-state index contributed by atoms with van der Waals surface area (Å²) in [7, 11) is 0. The third kappa shape index (κ3) is 3.28. The molecule has 2 aromatic carbocycles. The molecule has 0 spiro atoms. The van der Waals surface area contributed by atoms with E-state index in [0.29, 0.717) is 11.1 Å². The van der Waals surface area contributed by atoms with Crippen molar-refractivity contribution in [3.05, 3.63) is 68.1 Å². The number of carbonyl (C=O) groups is 1. The third-order valence-electron chi connectivity index (χ3n) is 2.62. The molecule has 0 aliphatic heterocycles. The molecule has 5 heteroatoms. The summed E-state index contributed by atoms with van der Waals surface area (Å²) >= 11 is 6.14. The fourth-order valence-electron chi connectivity index (χ4n) is 1.63. The van der Waals surface area contributed by atoms with E-state index in [-0.39, 0.29) is 21.1 Å². The molecule has 2 rings (SSSR count). The van der Waals surface area contributed by atoms with Crippen molar-refractivity contribution in [3.63, 3.8) is 0 Å². The topological polar surface area (TPSA) is 17.1 Å². The highest BCUT2D eigenvalue weighted by molar-refractivity contribution is 9.10. The average Bonchev–Trinajstić information content (AvgIpc) is 2.38. The average molecular weight is 390 g/mol. The van der Waals surface area contributed by atoms with Crippen LogP contribution in [0.2, 0.25) is 0 Å². The number of rotatable bonds is 3. The van der Waals surface area contributed by atoms with Gasteiger partial charge < -0.3 is 0 Å². The zero-order valence-corrected chi connectivity index (χ0v) is 12.8. The molecule has 0 bridgehead atoms. The molecule has 0 aliphatic carbocycles. The van der Waals surface area contributed by atoms with Crippen LogP contribution >= 0.6 is 31.9 Å². The predicted molar refractivity (Wildman–Crippen MR) is 76.2 cm³/mol. The summed E-state index contributed by atoms with van der Waals surface area (Å²) in [5, 5.41) is 0. The van der Waals surface area contributed by atoms with E-state index in [1.54, 1.807) is 12.1 Å². The molecule has 2 aromatic rings. The molecule has 0 aromatic heterocycles. The van der Waals surface area contributed by atoms with Crippen molar-refractivity contribution >= 4 is 37.6 Å². The van der Waals surface area contributed by atoms with Gasteiger partial charge in [-0.3, -0.25) is 4.79 Å². The highest BCUT2D eigenvalue weighted by Crippen LogP contribution is 2.23. The van der Waals surface area contributed by atoms with E-state index in [4.69, 9.17) is 0 Å². The molecule has 98 valence electrons. The molecule has 0 heterocycles. The zero-order valence-electron chi connectivity index (χ0n) is 9.59. The Kier molecular flexibility index (Phi) is 4.47. The minimum atomic E-state index is -0.427. The van der Waals surface area contributed by atoms with E-state index < -0.39 is 11.6 Å². The number of carbonyl (C=O) groups excluding carboxylic acids is 1. The van der Waals surface area contributed by atoms with Crippen LogP contribution in [0.1, 0.15) is 15.9 Å². The first-order valence-corrected chi connectivity index (χ1v) is 6.99. The van der Waals surface area contributed by atoms with Crippen LogP contribution in [0.25, 0.3) is 0 Å². The largest absolute Gasteiger partial charge is 0.294 e. The summed E-state index contributed by atoms with van der Waals surface area (Å²) in [6.07, 6.45) is 0.0520. The van der Waals surface area contributed by atoms with Crippen molar-refractivity contribution in [3.8, 4) is 0 Å². The molecule has 0 fully saturated rings. The van der Waals surface area contributed by atoms with Crippen molar-refractivity contribution < 1.29 is 13.6 Å². The van der Waals surface area contributed by atoms with E-state index in [1.807, 2.05) is 0 Å². The molecule has 0 atom stereocenters. The van der Waals surface area contributed by atoms with Crippen LogP contribution in [-0.2, 0) is 6.42 Å². The maximum absolute atomic E-state index is 13.3. The van der Waals surface area contributed by atoms with E-state index in [0.717, 1.165) is 0 Å². The number of benzene rings is 2. The normalized spacial score (nSPS) is 10.5. The van der Waals surface area contributed by atoms with Crippen LogP contribution in [0.5, 0.6) is 0 Å². The molecule has 0 aliphatic rings. The Morgan fingerprint density at radius 2 is 1.79 bits per heavy atom. The molecule has 0 amide bonds. The second-order valence-corrected chi connectivity index (χ2v) is 5.59. The summed E-state index contributed by atoms with van der Waals surface area (Å²) in [6, 6.07) is 8.58. The van der Waals surface area contributed by atoms with Gasteiger partial charge in [0.1, 0.15) is 11.6 Å². The van der Waals surface area contributed by atoms with Crippen LogP contribution in [0, 0.1) is 11.6 Å². The Bertz CT molecular complexity index is 641. The van der Waals surface area contributed by atoms with Gasteiger partial charge in [-0.15, -0.1) is 0 Å². The highest BCUT2D eigenvalue weighted by Gasteiger charge is 2.13. The van der Waals surface area contributed by atoms with Gasteiger partial charge in [-0.25, -0.2) is 8.78 Å². The van der Waals surface area contributed by atoms with E-state index >= 15 is 0 Å². The van der Waals surface area contributed by atoms with E-state index in [9.17, 15) is 13.6 Å². The van der Waals surface area contributed by atoms with Gasteiger partial charge >= 0.3 is 0 Å². The van der Waals surface area contributed by atoms with Crippen LogP contribution in [0.15, 0.2) is 45.3 Å². The van der Waals surface area contributed by atoms with Gasteiger partial charge in [-0.1, -0.05) is 12.1 Å². The Balaban J connectivity index is 2.26. The molecule has 0 radical (unpaired) electrons. The van der Waals surface area contributed by atoms with Crippen LogP contribution < -0.4 is 0 Å². The van der Waals surface area contributed by atoms with Gasteiger partial charge in [0.25, 0.3) is 0 Å². The summed E-state index contributed by atoms with van der Waals surface area (Å²) in [4.78, 5) is 12.1. The molecule has 1 nitrogen and oxygen atoms in total. The van der Waals surface area contributed by atoms with Gasteiger partial charge in [0.05, 0.1) is 8.95 Å². The molecular weight excluding hydrogens is 382 g/mol. The predicted octanol–water partition coefficient (Wildman–Crippen LogP) is 4.92. The molecule has 0 saturated heterocycles. The van der Waals surface area contributed by atoms with Crippen molar-refractivity contribution in [1.29, 1.82) is 0 Å². The molecule has 0 unspecified atom stereocenters. The van der Waals surface area contributed by atoms with Gasteiger partial charge in [0.15, 0.2) is 5.78 Å². The van der Waals surface area contributed by atoms with Crippen LogP contribution in [0.3, 0.4) is 0 Å². The lowest BCUT2D eigenvalue weighted by atomic mass is 10.0. The Morgan fingerprint density at radius 3 is 2.47 bits per heavy atom. The third-order valence-corrected chi connectivity index (χ3v) is 4.12. The molecule has 0 saturated carbocycles. The number of halogens is 4. The second kappa shape index (κ2) is 5.92. The van der Waals surface area contributed by atoms with Gasteiger partial charge in [0.2, 0.25) is 0 Å². The van der Waals surface area contributed by atoms with Gasteiger partial charge in [-0.2, -0.15) is 0 Å². The lowest BCUT2D eigenvalue weighted by Crippen LogP contribution is -2.05. The first kappa shape index (κ1) is 14.3. The summed E-state index contributed by atoms with van der Waals surface area (Å²) in [5.41, 5.74) is 0.940. The van der Waals surface area contributed by atoms with E-state index in [2.05, 4.69) is 31.9 Å². The van der Waals surface area contributed by atoms with Crippen molar-refractivity contribution in [2.45, 2.75) is 6.42 Å². The Morgan fingerprint density at radius 1 is 1.05 bits per heavy atom. The standard InChI is InChI=1S/C14H8Br2F2O/c15-10-6-8(4-5-11(10)17)13(19)7-9-2-1-3-12(18)14(9)16/h1-6H,7H2. The lowest BCUT2D eigenvalue weighted by molar-refractivity contribution is 0.0992. The maximum atomic E-state index is 13.3. The van der Waals surface area contributed by atoms with Crippen LogP contribution in [0.4, 0.5) is 8.78 Å². The summed E-state index contributed by atoms with van der Waals surface area (Å²) in [6.45, 7) is 0. The SMILES string of the molecule is O=C(Cc1cccc(F)c1Br)c1ccc(F)c(Br)c1. The number of ketones is 1. The monoisotopic (exact) mass is 388 g/mol. The van der Waals surface area contributed by atoms with Gasteiger partial charge in [-0.05, 0) is 61.7 Å². The Labute approximate surface area is 125 Å². The van der Waals surface area contributed by atoms with Gasteiger partial charge in [0, 0.05) is 12.0 Å². The van der Waals surface area contributed by atoms with Crippen molar-refractivity contribution in [2.75, 3.05) is 0 Å². The zero-order chi connectivity index (χ0) is 14.0. The number of hydrogen-bond donors (Lipinski definition) is 0. The molecule has 19 heavy (non-hydrogen) atoms. The van der Waals surface area contributed by atoms with E-state index in [1.165, 1.54) is 24.3 Å². The fourth-order valence-corrected chi connectivity index (χ4v) is 2.41. The summed E-state index contributed by atoms with van der Waals surface area (Å²) in [5.74, 6) is -1.04. The van der Waals surface area contributed by atoms with Crippen molar-refractivity contribution in [1.82, 2.24) is 0 Å². The maximum Gasteiger partial charge on any atom is 0.167 e. The minimum Gasteiger partial charge on any atom is -0.294 e. The van der Waals surface area contributed by atoms with Crippen LogP contribution in [-0.4, -0.2) is 5.78 Å². The number of hydrogen-bond acceptors (Lipinski definition) is 1. The molecular formula is C14H8Br2F2O. The summed E-state index contributed by atoms with van der Waals surface area (Å²) < 4.78 is 26.9. The quantitative estimate of drug-likeness (QED) is 0.681. The second-order valence-electron chi connectivity index (χ2n) is 3.94. The number of Topliss-reactive ketones (excluding diaryl/α,β-unsaturated/α-hetero) is 1. The first-order valence-electron chi connectivity index (χ1n) is 5.40. The molecule has 0 N–H and O–H groups in total. The first-order chi connectivity index (χ1) is 8.99. The smallest absolute Gasteiger partial charge is 0.167 e. The Hall–Kier alpha value is -1.07. The fraction of sp³-hybridized carbons (Fsp3) is 0.0714. The van der Waals surface area contributed by atoms with Crippen molar-refractivity contribution in [2.24, 2.45) is 0 Å². The minimum absolute atomic E-state index is 0.0520. The lowest BCUT2D eigenvalue weighted by Gasteiger charge is -2.05. The highest BCUT2D eigenvalue weighted by atomic mass is 79.9.